The summed E-state index contributed by atoms with van der Waals surface area (Å²) in [7, 11) is 0. The molecule has 7 aromatic rings. The number of phenolic OH excluding ortho intramolecular Hbond substituents is 2. The molecule has 2 unspecified atom stereocenters. The van der Waals surface area contributed by atoms with E-state index in [1.54, 1.807) is 17.7 Å². The van der Waals surface area contributed by atoms with Gasteiger partial charge in [0, 0.05) is 16.3 Å². The van der Waals surface area contributed by atoms with Crippen molar-refractivity contribution in [2.75, 3.05) is 0 Å². The van der Waals surface area contributed by atoms with E-state index in [0.717, 1.165) is 77.1 Å². The molecule has 0 heterocycles. The third-order valence-electron chi connectivity index (χ3n) is 19.1. The van der Waals surface area contributed by atoms with E-state index in [2.05, 4.69) is 190 Å². The highest BCUT2D eigenvalue weighted by atomic mass is 16.3. The molecule has 0 saturated heterocycles. The van der Waals surface area contributed by atoms with Crippen LogP contribution in [0.4, 0.5) is 0 Å². The molecule has 0 aliphatic rings. The molecule has 468 valence electrons. The average Bonchev–Trinajstić information content (AvgIpc) is 0.956. The Morgan fingerprint density at radius 1 is 0.391 bits per heavy atom. The van der Waals surface area contributed by atoms with Crippen molar-refractivity contribution in [2.24, 2.45) is 17.8 Å². The maximum Gasteiger partial charge on any atom is 0.159 e. The van der Waals surface area contributed by atoms with Gasteiger partial charge in [-0.05, 0) is 292 Å². The normalized spacial score (nSPS) is 13.1. The summed E-state index contributed by atoms with van der Waals surface area (Å²) in [5, 5.41) is 29.3. The monoisotopic (exact) mass is 1170 g/mol. The van der Waals surface area contributed by atoms with Crippen molar-refractivity contribution >= 4 is 48.9 Å². The van der Waals surface area contributed by atoms with Gasteiger partial charge in [-0.3, -0.25) is 4.79 Å². The lowest BCUT2D eigenvalue weighted by Gasteiger charge is -2.16. The van der Waals surface area contributed by atoms with E-state index in [9.17, 15) is 15.0 Å². The van der Waals surface area contributed by atoms with E-state index >= 15 is 0 Å². The molecule has 7 rings (SSSR count). The lowest BCUT2D eigenvalue weighted by Crippen LogP contribution is -2.00. The van der Waals surface area contributed by atoms with Crippen molar-refractivity contribution in [1.29, 1.82) is 0 Å². The van der Waals surface area contributed by atoms with E-state index in [1.165, 1.54) is 178 Å². The summed E-state index contributed by atoms with van der Waals surface area (Å²) < 4.78 is 0. The van der Waals surface area contributed by atoms with Crippen LogP contribution in [0.15, 0.2) is 137 Å². The number of Topliss-reactive ketones (excluding diaryl/α,β-unsaturated/α-hetero) is 1. The van der Waals surface area contributed by atoms with E-state index in [4.69, 9.17) is 0 Å². The first-order valence-electron chi connectivity index (χ1n) is 33.4. The lowest BCUT2D eigenvalue weighted by molar-refractivity contribution is 0.101. The largest absolute Gasteiger partial charge is 0.507 e. The van der Waals surface area contributed by atoms with Crippen molar-refractivity contribution in [3.8, 4) is 11.5 Å². The molecule has 87 heavy (non-hydrogen) atoms. The molecule has 0 spiro atoms. The first-order chi connectivity index (χ1) is 41.3. The first-order valence-corrected chi connectivity index (χ1v) is 33.4. The minimum absolute atomic E-state index is 0.0726. The summed E-state index contributed by atoms with van der Waals surface area (Å²) in [6.45, 7) is 42.2. The van der Waals surface area contributed by atoms with Crippen LogP contribution in [0.2, 0.25) is 0 Å². The number of aromatic hydroxyl groups is 2. The zero-order valence-electron chi connectivity index (χ0n) is 57.9. The van der Waals surface area contributed by atoms with Gasteiger partial charge in [-0.2, -0.15) is 0 Å². The minimum Gasteiger partial charge on any atom is -0.507 e. The number of aryl methyl sites for hydroxylation is 6. The number of carbonyl (C=O) groups is 1. The van der Waals surface area contributed by atoms with Crippen LogP contribution in [0.25, 0.3) is 43.1 Å². The maximum atomic E-state index is 11.6. The number of fused-ring (bicyclic) bond motifs is 4. The van der Waals surface area contributed by atoms with Crippen molar-refractivity contribution in [3.63, 3.8) is 0 Å². The van der Waals surface area contributed by atoms with Crippen LogP contribution in [0.3, 0.4) is 0 Å². The molecule has 3 nitrogen and oxygen atoms in total. The number of carbonyl (C=O) groups excluding carboxylic acids is 1. The molecule has 2 atom stereocenters. The van der Waals surface area contributed by atoms with Crippen LogP contribution in [-0.2, 0) is 12.8 Å². The van der Waals surface area contributed by atoms with Crippen LogP contribution >= 0.6 is 0 Å². The molecule has 2 N–H and O–H groups in total. The van der Waals surface area contributed by atoms with Gasteiger partial charge in [-0.1, -0.05) is 192 Å². The van der Waals surface area contributed by atoms with Crippen molar-refractivity contribution in [1.82, 2.24) is 0 Å². The summed E-state index contributed by atoms with van der Waals surface area (Å²) in [5.41, 5.74) is 21.5. The summed E-state index contributed by atoms with van der Waals surface area (Å²) in [4.78, 5) is 11.6. The zero-order chi connectivity index (χ0) is 64.1. The summed E-state index contributed by atoms with van der Waals surface area (Å²) in [6, 6.07) is 26.4. The SMILES string of the molecule is C/C(=C\Cc1c(C)c(C)c2ccccc2c1C)CCCC(C)CCCC(C)CCCC(C)C.CC(=O)c1cc(O)c2c(C)c3c(O)cccc3c(C)c2c1.CC(C)=CCC/C(C)=C/CC/C(C)=C/CC/C(C)=C/Cc1c(C)c(C)c2ccccc2c1C. The van der Waals surface area contributed by atoms with Crippen LogP contribution in [0.1, 0.15) is 238 Å². The standard InChI is InChI=1S/C33H52.C33H46.C18H16O3/c2*1-24(2)14-11-15-25(3)16-12-17-26(4)18-13-19-27(5)22-23-31-28(6)29(7)32-20-9-10-21-33(32)30(31)8;1-9-13-5-4-6-15(20)17(13)10(2)18-14(9)7-12(11(3)19)8-16(18)21/h9-10,20-22,24-26H,11-19,23H2,1-8H3;9-10,14,16,18,20-22H,11-13,15,17,19,23H2,1-8H3;4-8,20-21H,1-3H3/b27-22+;25-16+,26-18+,27-22+;. The number of hydrogen-bond acceptors (Lipinski definition) is 3. The molecule has 7 aromatic carbocycles. The molecule has 0 aliphatic heterocycles. The van der Waals surface area contributed by atoms with Crippen LogP contribution in [0.5, 0.6) is 11.5 Å². The fraction of sp³-hybridized carbons (Fsp3) is 0.464. The zero-order valence-corrected chi connectivity index (χ0v) is 57.9. The third kappa shape index (κ3) is 20.8. The van der Waals surface area contributed by atoms with Gasteiger partial charge in [-0.15, -0.1) is 0 Å². The molecular weight excluding hydrogens is 1060 g/mol. The van der Waals surface area contributed by atoms with Crippen LogP contribution < -0.4 is 0 Å². The Hall–Kier alpha value is -6.45. The lowest BCUT2D eigenvalue weighted by atomic mass is 9.89. The molecule has 0 radical (unpaired) electrons. The quantitative estimate of drug-likeness (QED) is 0.0323. The summed E-state index contributed by atoms with van der Waals surface area (Å²) in [6.07, 6.45) is 33.7. The predicted octanol–water partition coefficient (Wildman–Crippen LogP) is 25.4. The van der Waals surface area contributed by atoms with Gasteiger partial charge in [0.1, 0.15) is 11.5 Å². The highest BCUT2D eigenvalue weighted by molar-refractivity contribution is 6.11. The Morgan fingerprint density at radius 2 is 0.793 bits per heavy atom. The number of hydrogen-bond donors (Lipinski definition) is 2. The molecule has 0 saturated carbocycles. The van der Waals surface area contributed by atoms with E-state index in [1.807, 2.05) is 26.0 Å². The highest BCUT2D eigenvalue weighted by Crippen LogP contribution is 2.41. The summed E-state index contributed by atoms with van der Waals surface area (Å²) >= 11 is 0. The fourth-order valence-corrected chi connectivity index (χ4v) is 13.0. The topological polar surface area (TPSA) is 57.5 Å². The van der Waals surface area contributed by atoms with Crippen LogP contribution in [0, 0.1) is 73.1 Å². The fourth-order valence-electron chi connectivity index (χ4n) is 13.0. The Kier molecular flexibility index (Phi) is 28.6. The maximum absolute atomic E-state index is 11.6. The van der Waals surface area contributed by atoms with Gasteiger partial charge < -0.3 is 10.2 Å². The second-order valence-electron chi connectivity index (χ2n) is 27.1. The smallest absolute Gasteiger partial charge is 0.159 e. The molecule has 0 fully saturated rings. The molecular formula is C84H114O3. The van der Waals surface area contributed by atoms with Gasteiger partial charge in [0.2, 0.25) is 0 Å². The number of rotatable bonds is 26. The van der Waals surface area contributed by atoms with Crippen molar-refractivity contribution < 1.29 is 15.0 Å². The van der Waals surface area contributed by atoms with Crippen molar-refractivity contribution in [2.45, 2.75) is 241 Å². The van der Waals surface area contributed by atoms with E-state index in [0.29, 0.717) is 10.9 Å². The minimum atomic E-state index is -0.0831. The average molecular weight is 1170 g/mol. The Morgan fingerprint density at radius 3 is 1.25 bits per heavy atom. The van der Waals surface area contributed by atoms with Crippen LogP contribution in [-0.4, -0.2) is 16.0 Å². The third-order valence-corrected chi connectivity index (χ3v) is 19.1. The second kappa shape index (κ2) is 34.9. The van der Waals surface area contributed by atoms with Gasteiger partial charge >= 0.3 is 0 Å². The first kappa shape index (κ1) is 71.3. The Labute approximate surface area is 529 Å². The highest BCUT2D eigenvalue weighted by Gasteiger charge is 2.18. The molecule has 0 bridgehead atoms. The van der Waals surface area contributed by atoms with Gasteiger partial charge in [0.15, 0.2) is 5.78 Å². The Balaban J connectivity index is 0.000000244. The summed E-state index contributed by atoms with van der Waals surface area (Å²) in [5.74, 6) is 2.83. The number of benzene rings is 7. The van der Waals surface area contributed by atoms with Crippen molar-refractivity contribution in [3.05, 3.63) is 198 Å². The predicted molar refractivity (Wildman–Crippen MR) is 385 cm³/mol. The van der Waals surface area contributed by atoms with Gasteiger partial charge in [-0.25, -0.2) is 0 Å². The number of ketones is 1. The number of phenols is 2. The van der Waals surface area contributed by atoms with E-state index < -0.39 is 0 Å². The Bertz CT molecular complexity index is 3600. The van der Waals surface area contributed by atoms with Gasteiger partial charge in [0.25, 0.3) is 0 Å². The molecule has 0 aliphatic carbocycles. The number of allylic oxidation sites excluding steroid dienone is 10. The molecule has 3 heteroatoms. The molecule has 0 amide bonds. The second-order valence-corrected chi connectivity index (χ2v) is 27.1. The molecule has 0 aromatic heterocycles. The van der Waals surface area contributed by atoms with E-state index in [-0.39, 0.29) is 17.3 Å². The van der Waals surface area contributed by atoms with Gasteiger partial charge in [0.05, 0.1) is 0 Å².